The molecule has 5 saturated carbocycles. The molecule has 0 saturated heterocycles. The van der Waals surface area contributed by atoms with Crippen molar-refractivity contribution >= 4 is 139 Å². The van der Waals surface area contributed by atoms with E-state index >= 15 is 26.3 Å². The maximum Gasteiger partial charge on any atom is 0.319 e. The fraction of sp³-hybridized carbons (Fsp3) is 0.591. The summed E-state index contributed by atoms with van der Waals surface area (Å²) in [5, 5.41) is 65.9. The summed E-state index contributed by atoms with van der Waals surface area (Å²) in [4.78, 5) is 55.6. The van der Waals surface area contributed by atoms with Gasteiger partial charge in [0.2, 0.25) is 61.9 Å². The van der Waals surface area contributed by atoms with Crippen molar-refractivity contribution in [2.75, 3.05) is 51.6 Å². The molecule has 0 heterocycles. The van der Waals surface area contributed by atoms with Crippen LogP contribution in [0.4, 0.5) is 88.6 Å². The predicted molar refractivity (Wildman–Crippen MR) is 504 cm³/mol. The molecule has 37 nitrogen and oxygen atoms in total. The van der Waals surface area contributed by atoms with E-state index in [-0.39, 0.29) is 93.9 Å². The van der Waals surface area contributed by atoms with Gasteiger partial charge >= 0.3 is 17.9 Å². The third-order valence-corrected chi connectivity index (χ3v) is 35.1. The van der Waals surface area contributed by atoms with Crippen LogP contribution in [0.25, 0.3) is 0 Å². The molecular formula is C88H118F15N11O26S8. The fourth-order valence-electron chi connectivity index (χ4n) is 17.4. The van der Waals surface area contributed by atoms with E-state index in [1.165, 1.54) is 0 Å². The number of anilines is 4. The number of carbonyl (C=O) groups excluding carboxylic acids is 3. The van der Waals surface area contributed by atoms with Gasteiger partial charge in [0.05, 0.1) is 40.7 Å². The summed E-state index contributed by atoms with van der Waals surface area (Å²) >= 11 is 0. The molecule has 0 radical (unpaired) electrons. The number of carboxylic acids is 3. The van der Waals surface area contributed by atoms with Crippen molar-refractivity contribution in [1.82, 2.24) is 10.6 Å². The minimum Gasteiger partial charge on any atom is -0.481 e. The van der Waals surface area contributed by atoms with E-state index in [1.54, 1.807) is 0 Å². The molecule has 60 heteroatoms. The molecule has 1 unspecified atom stereocenters. The number of benzene rings is 5. The van der Waals surface area contributed by atoms with Crippen molar-refractivity contribution in [3.05, 3.63) is 104 Å². The molecule has 0 aromatic heterocycles. The first-order chi connectivity index (χ1) is 68.9. The van der Waals surface area contributed by atoms with Crippen LogP contribution >= 0.6 is 0 Å². The van der Waals surface area contributed by atoms with E-state index in [4.69, 9.17) is 45.8 Å². The predicted octanol–water partition coefficient (Wildman–Crippen LogP) is 12.6. The van der Waals surface area contributed by atoms with E-state index < -0.39 is 325 Å². The normalized spacial score (nSPS) is 16.1. The fourth-order valence-corrected chi connectivity index (χ4v) is 25.2. The van der Waals surface area contributed by atoms with Crippen LogP contribution in [0.1, 0.15) is 261 Å². The first kappa shape index (κ1) is 125. The van der Waals surface area contributed by atoms with Crippen molar-refractivity contribution in [3.63, 3.8) is 0 Å². The van der Waals surface area contributed by atoms with Gasteiger partial charge in [-0.3, -0.25) is 28.8 Å². The van der Waals surface area contributed by atoms with Crippen molar-refractivity contribution in [3.8, 4) is 0 Å². The molecule has 1 atom stereocenters. The van der Waals surface area contributed by atoms with E-state index in [0.717, 1.165) is 109 Å². The lowest BCUT2D eigenvalue weighted by atomic mass is 9.80. The minimum absolute atomic E-state index is 0.0101. The van der Waals surface area contributed by atoms with Crippen LogP contribution in [0.5, 0.6) is 0 Å². The van der Waals surface area contributed by atoms with Crippen molar-refractivity contribution in [2.24, 2.45) is 37.5 Å². The Morgan fingerprint density at radius 2 is 0.649 bits per heavy atom. The number of ether oxygens (including phenoxy) is 1. The van der Waals surface area contributed by atoms with Crippen LogP contribution in [0, 0.1) is 99.1 Å². The van der Waals surface area contributed by atoms with Crippen molar-refractivity contribution in [1.29, 1.82) is 0 Å². The second-order valence-corrected chi connectivity index (χ2v) is 49.9. The zero-order valence-electron chi connectivity index (χ0n) is 79.6. The van der Waals surface area contributed by atoms with Gasteiger partial charge in [-0.15, -0.1) is 0 Å². The number of rotatable bonds is 45. The van der Waals surface area contributed by atoms with Crippen LogP contribution in [0.2, 0.25) is 0 Å². The number of hydrogen-bond acceptors (Lipinski definition) is 27. The number of nitrogens with one attached hydrogen (secondary N) is 6. The number of halogens is 15. The molecule has 2 amide bonds. The number of aliphatic carboxylic acids is 3. The summed E-state index contributed by atoms with van der Waals surface area (Å²) in [7, 11) is -39.7. The number of hydrogen-bond donors (Lipinski definition) is 14. The van der Waals surface area contributed by atoms with Gasteiger partial charge < -0.3 is 52.0 Å². The highest BCUT2D eigenvalue weighted by atomic mass is 32.2. The maximum absolute atomic E-state index is 15.3. The zero-order valence-corrected chi connectivity index (χ0v) is 86.2. The Kier molecular flexibility index (Phi) is 46.7. The van der Waals surface area contributed by atoms with Gasteiger partial charge in [0.25, 0.3) is 6.47 Å². The van der Waals surface area contributed by atoms with E-state index in [9.17, 15) is 136 Å². The number of sulfonamides is 5. The molecule has 0 spiro atoms. The van der Waals surface area contributed by atoms with Crippen LogP contribution in [-0.2, 0) is 132 Å². The van der Waals surface area contributed by atoms with E-state index in [0.29, 0.717) is 83.5 Å². The van der Waals surface area contributed by atoms with Gasteiger partial charge in [-0.1, -0.05) is 122 Å². The number of carbonyl (C=O) groups is 6. The molecule has 10 rings (SSSR count). The van der Waals surface area contributed by atoms with Crippen LogP contribution in [0.3, 0.4) is 0 Å². The van der Waals surface area contributed by atoms with Gasteiger partial charge in [-0.05, 0) is 132 Å². The topological polar surface area (TPSA) is 648 Å². The number of nitrogens with two attached hydrogens (primary N) is 5. The van der Waals surface area contributed by atoms with Crippen molar-refractivity contribution in [2.45, 2.75) is 327 Å². The number of amides is 2. The van der Waals surface area contributed by atoms with E-state index in [1.807, 2.05) is 0 Å². The molecule has 5 aromatic rings. The zero-order chi connectivity index (χ0) is 111. The third kappa shape index (κ3) is 35.0. The molecule has 0 aliphatic heterocycles. The molecule has 5 fully saturated rings. The molecule has 5 aliphatic rings. The Morgan fingerprint density at radius 3 is 1.01 bits per heavy atom. The Balaban J connectivity index is 0.000000282. The average Bonchev–Trinajstić information content (AvgIpc) is 0.746. The molecule has 5 aromatic carbocycles. The Bertz CT molecular complexity index is 6650. The van der Waals surface area contributed by atoms with Crippen LogP contribution in [-0.4, -0.2) is 174 Å². The van der Waals surface area contributed by atoms with Crippen molar-refractivity contribution < 1.29 is 182 Å². The van der Waals surface area contributed by atoms with Crippen LogP contribution in [0.15, 0.2) is 39.2 Å². The summed E-state index contributed by atoms with van der Waals surface area (Å²) < 4.78 is 419. The van der Waals surface area contributed by atoms with E-state index in [2.05, 4.69) is 31.9 Å². The summed E-state index contributed by atoms with van der Waals surface area (Å²) in [5.41, 5.74) is -4.82. The molecule has 19 N–H and O–H groups in total. The number of sulfone groups is 3. The number of primary sulfonamides is 5. The van der Waals surface area contributed by atoms with Gasteiger partial charge in [0.1, 0.15) is 20.5 Å². The smallest absolute Gasteiger partial charge is 0.319 e. The molecule has 5 aliphatic carbocycles. The Hall–Kier alpha value is -9.53. The van der Waals surface area contributed by atoms with Gasteiger partial charge in [-0.2, -0.15) is 0 Å². The second kappa shape index (κ2) is 55.1. The Labute approximate surface area is 845 Å². The molecule has 0 bridgehead atoms. The monoisotopic (exact) mass is 2290 g/mol. The highest BCUT2D eigenvalue weighted by molar-refractivity contribution is 7.93. The minimum atomic E-state index is -5.09. The molecule has 834 valence electrons. The summed E-state index contributed by atoms with van der Waals surface area (Å²) in [6.45, 7) is 0.444. The average molecular weight is 2290 g/mol. The maximum atomic E-state index is 15.3. The summed E-state index contributed by atoms with van der Waals surface area (Å²) in [6, 6.07) is -1.57. The first-order valence-electron chi connectivity index (χ1n) is 47.1. The highest BCUT2D eigenvalue weighted by Crippen LogP contribution is 2.44. The third-order valence-electron chi connectivity index (χ3n) is 25.2. The standard InChI is InChI=1S/C37H49F6N5O8S2.C18H25F3N2O6S2.C17H23F3N2O6S2.C16H21F3N2O6S2/c38-29-23(24(17-16-21-7-3-8-21)31(40)36(32(29)41)57(44,52)53)11-5-13-26(50)46-18-2-1-15-28(56-20-49)48-27(51)14-6-12-25-30(39)33(42)37(58(45,54)55)34(43)35(25)47-19-22-9-4-10-22;19-13-14(20)18(30(26,27)10-6-9-12(24)25)16(15(21)17(13)31(22,28)29)23-11-7-4-2-1-3-5-8-11;18-12-13(19)17(29(25,26)9-8-11(23)24)15(14(20)16(12)30(21,27)28)22-10-6-4-2-1-3-5-7-10;17-11-12(18)16(28(24,25)8-10(22)23)14(13(19)15(11)29(20,26)27)21-9-6-4-2-1-3-5-7-9/h20-22,28,47H,1-19H2,(H,46,50)(H,48,51)(H2,44,52,53)(H2,45,54,55);11,23H,1-10H2,(H,24,25)(H2,22,28,29);10,22H,1-9H2,(H,23,24)(H2,21,27,28);9,21H,1-8H2,(H,22,23)(H2,20,26,27). The van der Waals surface area contributed by atoms with Gasteiger partial charge in [-0.25, -0.2) is 159 Å². The lowest BCUT2D eigenvalue weighted by Crippen LogP contribution is -2.36. The number of carboxylic acid groups (broad SMARTS) is 3. The van der Waals surface area contributed by atoms with Gasteiger partial charge in [0, 0.05) is 62.5 Å². The van der Waals surface area contributed by atoms with Crippen LogP contribution < -0.4 is 57.6 Å². The molecular weight excluding hydrogens is 2170 g/mol. The quantitative estimate of drug-likeness (QED) is 0.00566. The molecule has 148 heavy (non-hydrogen) atoms. The van der Waals surface area contributed by atoms with Gasteiger partial charge in [0.15, 0.2) is 147 Å². The summed E-state index contributed by atoms with van der Waals surface area (Å²) in [6.07, 6.45) is 17.7. The lowest BCUT2D eigenvalue weighted by molar-refractivity contribution is -0.139. The second-order valence-electron chi connectivity index (χ2n) is 36.3. The Morgan fingerprint density at radius 1 is 0.324 bits per heavy atom. The SMILES string of the molecule is NS(=O)(=O)c1c(F)c(F)c(CCCC(=O)NCCCCC(NC(=O)CCCc2c(F)c(F)c(S(N)(=O)=O)c(F)c2NCC2CCC2)OC=O)c(CCC2CCC2)c1F.NS(=O)(=O)c1c(F)c(F)c(S(=O)(=O)CC(=O)O)c(NC2CCCCCCC2)c1F.NS(=O)(=O)c1c(F)c(F)c(S(=O)(=O)CCC(=O)O)c(NC2CCCCCCC2)c1F.NS(=O)(=O)c1c(F)c(F)c(S(=O)(=O)CCCC(=O)O)c(NC2CCCCCCC2)c1F. The lowest BCUT2D eigenvalue weighted by Gasteiger charge is -2.27. The number of unbranched alkanes of at least 4 members (excludes halogenated alkanes) is 1. The highest BCUT2D eigenvalue weighted by Gasteiger charge is 2.43. The first-order valence-corrected chi connectivity index (χ1v) is 59.8. The largest absolute Gasteiger partial charge is 0.481 e. The summed E-state index contributed by atoms with van der Waals surface area (Å²) in [5.74, 6) is -37.9.